The van der Waals surface area contributed by atoms with Crippen molar-refractivity contribution in [1.29, 1.82) is 0 Å². The van der Waals surface area contributed by atoms with Crippen LogP contribution in [0, 0.1) is 0 Å². The number of aromatic nitrogens is 2. The van der Waals surface area contributed by atoms with Crippen LogP contribution in [0.15, 0.2) is 51.2 Å². The molecule has 0 radical (unpaired) electrons. The smallest absolute Gasteiger partial charge is 0.116 e. The lowest BCUT2D eigenvalue weighted by atomic mass is 10.2. The second-order valence-corrected chi connectivity index (χ2v) is 6.37. The molecule has 0 unspecified atom stereocenters. The lowest BCUT2D eigenvalue weighted by molar-refractivity contribution is 0.588. The van der Waals surface area contributed by atoms with Gasteiger partial charge >= 0.3 is 0 Å². The summed E-state index contributed by atoms with van der Waals surface area (Å²) < 4.78 is 1.10. The number of halogens is 1. The molecule has 19 heavy (non-hydrogen) atoms. The third-order valence-electron chi connectivity index (χ3n) is 2.48. The molecule has 3 nitrogen and oxygen atoms in total. The monoisotopic (exact) mass is 337 g/mol. The molecule has 0 fully saturated rings. The van der Waals surface area contributed by atoms with Crippen LogP contribution in [0.5, 0.6) is 0 Å². The van der Waals surface area contributed by atoms with Gasteiger partial charge in [0, 0.05) is 28.2 Å². The van der Waals surface area contributed by atoms with Crippen LogP contribution in [-0.2, 0) is 6.54 Å². The zero-order valence-electron chi connectivity index (χ0n) is 10.9. The highest BCUT2D eigenvalue weighted by Gasteiger charge is 2.05. The van der Waals surface area contributed by atoms with Gasteiger partial charge in [0.15, 0.2) is 0 Å². The predicted molar refractivity (Wildman–Crippen MR) is 82.3 cm³/mol. The van der Waals surface area contributed by atoms with Gasteiger partial charge in [0.25, 0.3) is 0 Å². The minimum atomic E-state index is 0.494. The van der Waals surface area contributed by atoms with E-state index in [-0.39, 0.29) is 0 Å². The molecule has 2 aromatic rings. The van der Waals surface area contributed by atoms with E-state index in [9.17, 15) is 0 Å². The average molecular weight is 338 g/mol. The van der Waals surface area contributed by atoms with Crippen molar-refractivity contribution in [1.82, 2.24) is 15.3 Å². The molecule has 0 bridgehead atoms. The van der Waals surface area contributed by atoms with Gasteiger partial charge in [-0.3, -0.25) is 0 Å². The first-order valence-electron chi connectivity index (χ1n) is 6.11. The first-order chi connectivity index (χ1) is 9.15. The molecule has 0 saturated carbocycles. The van der Waals surface area contributed by atoms with Gasteiger partial charge in [-0.25, -0.2) is 9.97 Å². The lowest BCUT2D eigenvalue weighted by Crippen LogP contribution is -2.21. The van der Waals surface area contributed by atoms with E-state index in [1.165, 1.54) is 5.56 Å². The maximum absolute atomic E-state index is 4.22. The molecule has 0 aliphatic heterocycles. The highest BCUT2D eigenvalue weighted by Crippen LogP contribution is 2.32. The fourth-order valence-corrected chi connectivity index (χ4v) is 2.93. The Hall–Kier alpha value is -0.910. The van der Waals surface area contributed by atoms with Gasteiger partial charge in [-0.2, -0.15) is 0 Å². The minimum absolute atomic E-state index is 0.494. The largest absolute Gasteiger partial charge is 0.310 e. The number of nitrogens with zero attached hydrogens (tertiary/aromatic N) is 2. The highest BCUT2D eigenvalue weighted by atomic mass is 79.9. The molecule has 1 N–H and O–H groups in total. The van der Waals surface area contributed by atoms with Crippen LogP contribution >= 0.6 is 27.7 Å². The van der Waals surface area contributed by atoms with Crippen molar-refractivity contribution in [3.05, 3.63) is 46.8 Å². The van der Waals surface area contributed by atoms with Gasteiger partial charge in [-0.05, 0) is 39.7 Å². The summed E-state index contributed by atoms with van der Waals surface area (Å²) in [5.74, 6) is 0. The molecule has 1 aromatic carbocycles. The fraction of sp³-hybridized carbons (Fsp3) is 0.286. The number of nitrogens with one attached hydrogen (secondary N) is 1. The van der Waals surface area contributed by atoms with Gasteiger partial charge < -0.3 is 5.32 Å². The van der Waals surface area contributed by atoms with E-state index in [4.69, 9.17) is 0 Å². The van der Waals surface area contributed by atoms with Crippen LogP contribution in [0.3, 0.4) is 0 Å². The van der Waals surface area contributed by atoms with E-state index in [1.54, 1.807) is 24.3 Å². The van der Waals surface area contributed by atoms with E-state index in [0.29, 0.717) is 6.04 Å². The van der Waals surface area contributed by atoms with Gasteiger partial charge in [-0.15, -0.1) is 0 Å². The minimum Gasteiger partial charge on any atom is -0.310 e. The Bertz CT molecular complexity index is 531. The standard InChI is InChI=1S/C14H16BrN3S/c1-10(2)17-8-11-3-4-13(12(15)7-11)19-14-5-6-16-9-18-14/h3-7,9-10,17H,8H2,1-2H3. The summed E-state index contributed by atoms with van der Waals surface area (Å²) in [5.41, 5.74) is 1.27. The lowest BCUT2D eigenvalue weighted by Gasteiger charge is -2.10. The van der Waals surface area contributed by atoms with Crippen LogP contribution in [0.25, 0.3) is 0 Å². The second kappa shape index (κ2) is 7.03. The molecule has 2 rings (SSSR count). The fourth-order valence-electron chi connectivity index (χ4n) is 1.51. The van der Waals surface area contributed by atoms with E-state index in [1.807, 2.05) is 6.07 Å². The number of rotatable bonds is 5. The topological polar surface area (TPSA) is 37.8 Å². The summed E-state index contributed by atoms with van der Waals surface area (Å²) in [6.45, 7) is 5.18. The van der Waals surface area contributed by atoms with Crippen molar-refractivity contribution in [3.8, 4) is 0 Å². The molecule has 0 aliphatic carbocycles. The molecule has 0 spiro atoms. The van der Waals surface area contributed by atoms with Crippen molar-refractivity contribution < 1.29 is 0 Å². The summed E-state index contributed by atoms with van der Waals surface area (Å²) in [4.78, 5) is 9.29. The Morgan fingerprint density at radius 2 is 2.16 bits per heavy atom. The summed E-state index contributed by atoms with van der Waals surface area (Å²) >= 11 is 5.25. The van der Waals surface area contributed by atoms with E-state index in [0.717, 1.165) is 20.9 Å². The van der Waals surface area contributed by atoms with Crippen LogP contribution in [-0.4, -0.2) is 16.0 Å². The van der Waals surface area contributed by atoms with Gasteiger partial charge in [0.05, 0.1) is 0 Å². The molecule has 1 heterocycles. The van der Waals surface area contributed by atoms with Crippen molar-refractivity contribution in [3.63, 3.8) is 0 Å². The SMILES string of the molecule is CC(C)NCc1ccc(Sc2ccncn2)c(Br)c1. The maximum atomic E-state index is 4.22. The summed E-state index contributed by atoms with van der Waals surface area (Å²) in [6.07, 6.45) is 3.32. The van der Waals surface area contributed by atoms with Gasteiger partial charge in [0.1, 0.15) is 11.4 Å². The van der Waals surface area contributed by atoms with Gasteiger partial charge in [-0.1, -0.05) is 31.7 Å². The molecule has 1 aromatic heterocycles. The maximum Gasteiger partial charge on any atom is 0.116 e. The Balaban J connectivity index is 2.07. The Kier molecular flexibility index (Phi) is 5.36. The first kappa shape index (κ1) is 14.5. The summed E-state index contributed by atoms with van der Waals surface area (Å²) in [6, 6.07) is 8.82. The zero-order valence-corrected chi connectivity index (χ0v) is 13.3. The second-order valence-electron chi connectivity index (χ2n) is 4.45. The van der Waals surface area contributed by atoms with E-state index >= 15 is 0 Å². The first-order valence-corrected chi connectivity index (χ1v) is 7.72. The van der Waals surface area contributed by atoms with Crippen molar-refractivity contribution in [2.75, 3.05) is 0 Å². The average Bonchev–Trinajstić information content (AvgIpc) is 2.40. The molecule has 0 aliphatic rings. The quantitative estimate of drug-likeness (QED) is 0.840. The van der Waals surface area contributed by atoms with Crippen LogP contribution < -0.4 is 5.32 Å². The van der Waals surface area contributed by atoms with E-state index in [2.05, 4.69) is 63.3 Å². The van der Waals surface area contributed by atoms with Crippen molar-refractivity contribution in [2.45, 2.75) is 36.4 Å². The molecule has 0 atom stereocenters. The van der Waals surface area contributed by atoms with Crippen LogP contribution in [0.1, 0.15) is 19.4 Å². The van der Waals surface area contributed by atoms with E-state index < -0.39 is 0 Å². The summed E-state index contributed by atoms with van der Waals surface area (Å²) in [7, 11) is 0. The predicted octanol–water partition coefficient (Wildman–Crippen LogP) is 3.89. The molecular formula is C14H16BrN3S. The highest BCUT2D eigenvalue weighted by molar-refractivity contribution is 9.10. The number of hydrogen-bond acceptors (Lipinski definition) is 4. The molecule has 5 heteroatoms. The molecule has 100 valence electrons. The summed E-state index contributed by atoms with van der Waals surface area (Å²) in [5, 5.41) is 4.36. The van der Waals surface area contributed by atoms with Crippen molar-refractivity contribution in [2.24, 2.45) is 0 Å². The molecule has 0 saturated heterocycles. The van der Waals surface area contributed by atoms with Crippen molar-refractivity contribution >= 4 is 27.7 Å². The molecule has 0 amide bonds. The zero-order chi connectivity index (χ0) is 13.7. The van der Waals surface area contributed by atoms with Crippen LogP contribution in [0.4, 0.5) is 0 Å². The number of hydrogen-bond donors (Lipinski definition) is 1. The van der Waals surface area contributed by atoms with Crippen LogP contribution in [0.2, 0.25) is 0 Å². The molecular weight excluding hydrogens is 322 g/mol. The van der Waals surface area contributed by atoms with Gasteiger partial charge in [0.2, 0.25) is 0 Å². The third kappa shape index (κ3) is 4.60. The number of benzene rings is 1. The third-order valence-corrected chi connectivity index (χ3v) is 4.43. The normalized spacial score (nSPS) is 10.9. The Morgan fingerprint density at radius 3 is 2.79 bits per heavy atom. The Morgan fingerprint density at radius 1 is 1.32 bits per heavy atom. The Labute approximate surface area is 126 Å².